The highest BCUT2D eigenvalue weighted by molar-refractivity contribution is 5.91. The first-order chi connectivity index (χ1) is 12.9. The number of para-hydroxylation sites is 1. The monoisotopic (exact) mass is 372 g/mol. The molecular formula is C21H25FN2O3. The lowest BCUT2D eigenvalue weighted by Gasteiger charge is -2.37. The minimum Gasteiger partial charge on any atom is -0.508 e. The highest BCUT2D eigenvalue weighted by atomic mass is 19.1. The van der Waals surface area contributed by atoms with Gasteiger partial charge < -0.3 is 20.1 Å². The van der Waals surface area contributed by atoms with Gasteiger partial charge in [-0.1, -0.05) is 18.2 Å². The van der Waals surface area contributed by atoms with E-state index in [1.807, 2.05) is 24.8 Å². The molecule has 0 aliphatic carbocycles. The molecule has 1 fully saturated rings. The summed E-state index contributed by atoms with van der Waals surface area (Å²) >= 11 is 0. The predicted octanol–water partition coefficient (Wildman–Crippen LogP) is 3.72. The number of aromatic hydroxyl groups is 1. The fourth-order valence-electron chi connectivity index (χ4n) is 3.41. The summed E-state index contributed by atoms with van der Waals surface area (Å²) in [6.45, 7) is 5.21. The fourth-order valence-corrected chi connectivity index (χ4v) is 3.41. The predicted molar refractivity (Wildman–Crippen MR) is 104 cm³/mol. The van der Waals surface area contributed by atoms with Crippen molar-refractivity contribution in [3.05, 3.63) is 53.8 Å². The van der Waals surface area contributed by atoms with Gasteiger partial charge in [-0.15, -0.1) is 0 Å². The number of ether oxygens (including phenoxy) is 1. The Bertz CT molecular complexity index is 802. The Morgan fingerprint density at radius 3 is 2.59 bits per heavy atom. The minimum atomic E-state index is -0.366. The number of carbonyl (C=O) groups excluding carboxylic acids is 1. The first-order valence-electron chi connectivity index (χ1n) is 9.19. The average Bonchev–Trinajstić information content (AvgIpc) is 2.60. The van der Waals surface area contributed by atoms with E-state index in [2.05, 4.69) is 5.32 Å². The van der Waals surface area contributed by atoms with Crippen LogP contribution in [0.2, 0.25) is 0 Å². The van der Waals surface area contributed by atoms with E-state index in [4.69, 9.17) is 4.74 Å². The number of hydrogen-bond acceptors (Lipinski definition) is 4. The third-order valence-corrected chi connectivity index (χ3v) is 4.60. The number of benzene rings is 2. The third kappa shape index (κ3) is 4.98. The molecule has 3 rings (SSSR count). The van der Waals surface area contributed by atoms with Crippen molar-refractivity contribution in [1.29, 1.82) is 0 Å². The van der Waals surface area contributed by atoms with Crippen LogP contribution in [0.5, 0.6) is 5.75 Å². The quantitative estimate of drug-likeness (QED) is 0.840. The van der Waals surface area contributed by atoms with E-state index in [1.54, 1.807) is 30.3 Å². The van der Waals surface area contributed by atoms with E-state index >= 15 is 0 Å². The van der Waals surface area contributed by atoms with Crippen LogP contribution < -0.4 is 10.2 Å². The molecule has 2 aromatic rings. The Kier molecular flexibility index (Phi) is 5.96. The van der Waals surface area contributed by atoms with Gasteiger partial charge in [-0.25, -0.2) is 4.39 Å². The van der Waals surface area contributed by atoms with Gasteiger partial charge in [-0.05, 0) is 50.1 Å². The molecule has 27 heavy (non-hydrogen) atoms. The van der Waals surface area contributed by atoms with Gasteiger partial charge in [0.15, 0.2) is 0 Å². The molecule has 1 heterocycles. The molecule has 6 heteroatoms. The molecule has 0 radical (unpaired) electrons. The van der Waals surface area contributed by atoms with Crippen LogP contribution in [0.25, 0.3) is 0 Å². The standard InChI is InChI=1S/C21H25FN2O3/c1-14-12-24(13-15(2)27-14)19-9-8-17(11-18(19)22)23-21(26)10-7-16-5-3-4-6-20(16)25/h3-6,8-9,11,14-15,25H,7,10,12-13H2,1-2H3,(H,23,26)/t14-,15+. The summed E-state index contributed by atoms with van der Waals surface area (Å²) in [5.41, 5.74) is 1.65. The molecule has 1 aliphatic rings. The molecule has 5 nitrogen and oxygen atoms in total. The third-order valence-electron chi connectivity index (χ3n) is 4.60. The van der Waals surface area contributed by atoms with E-state index in [1.165, 1.54) is 6.07 Å². The summed E-state index contributed by atoms with van der Waals surface area (Å²) in [7, 11) is 0. The Labute approximate surface area is 158 Å². The van der Waals surface area contributed by atoms with Crippen molar-refractivity contribution in [3.63, 3.8) is 0 Å². The molecule has 0 unspecified atom stereocenters. The van der Waals surface area contributed by atoms with E-state index in [9.17, 15) is 14.3 Å². The molecule has 1 saturated heterocycles. The number of halogens is 1. The Morgan fingerprint density at radius 1 is 1.22 bits per heavy atom. The van der Waals surface area contributed by atoms with Crippen LogP contribution in [-0.4, -0.2) is 36.3 Å². The number of nitrogens with zero attached hydrogens (tertiary/aromatic N) is 1. The molecule has 0 aromatic heterocycles. The molecule has 1 amide bonds. The second-order valence-corrected chi connectivity index (χ2v) is 7.01. The van der Waals surface area contributed by atoms with E-state index in [0.717, 1.165) is 0 Å². The average molecular weight is 372 g/mol. The summed E-state index contributed by atoms with van der Waals surface area (Å²) in [6, 6.07) is 11.7. The van der Waals surface area contributed by atoms with Crippen molar-refractivity contribution < 1.29 is 19.0 Å². The van der Waals surface area contributed by atoms with Gasteiger partial charge in [0.25, 0.3) is 0 Å². The maximum atomic E-state index is 14.6. The summed E-state index contributed by atoms with van der Waals surface area (Å²) in [6.07, 6.45) is 0.714. The normalized spacial score (nSPS) is 19.7. The zero-order chi connectivity index (χ0) is 19.4. The van der Waals surface area contributed by atoms with Crippen molar-refractivity contribution in [2.24, 2.45) is 0 Å². The van der Waals surface area contributed by atoms with Gasteiger partial charge in [0.1, 0.15) is 11.6 Å². The van der Waals surface area contributed by atoms with Gasteiger partial charge in [-0.3, -0.25) is 4.79 Å². The van der Waals surface area contributed by atoms with Crippen LogP contribution >= 0.6 is 0 Å². The number of hydrogen-bond donors (Lipinski definition) is 2. The molecule has 144 valence electrons. The maximum Gasteiger partial charge on any atom is 0.224 e. The molecule has 0 spiro atoms. The van der Waals surface area contributed by atoms with Crippen LogP contribution in [0.4, 0.5) is 15.8 Å². The lowest BCUT2D eigenvalue weighted by Crippen LogP contribution is -2.45. The van der Waals surface area contributed by atoms with E-state index < -0.39 is 0 Å². The molecule has 0 saturated carbocycles. The topological polar surface area (TPSA) is 61.8 Å². The van der Waals surface area contributed by atoms with Crippen LogP contribution in [0.3, 0.4) is 0 Å². The lowest BCUT2D eigenvalue weighted by atomic mass is 10.1. The van der Waals surface area contributed by atoms with Gasteiger partial charge in [0.05, 0.1) is 17.9 Å². The Balaban J connectivity index is 1.60. The van der Waals surface area contributed by atoms with Crippen molar-refractivity contribution in [1.82, 2.24) is 0 Å². The smallest absolute Gasteiger partial charge is 0.224 e. The maximum absolute atomic E-state index is 14.6. The summed E-state index contributed by atoms with van der Waals surface area (Å²) < 4.78 is 20.3. The Hall–Kier alpha value is -2.60. The number of phenolic OH excluding ortho intramolecular Hbond substituents is 1. The second kappa shape index (κ2) is 8.39. The lowest BCUT2D eigenvalue weighted by molar-refractivity contribution is -0.116. The molecule has 2 N–H and O–H groups in total. The molecule has 2 aromatic carbocycles. The fraction of sp³-hybridized carbons (Fsp3) is 0.381. The summed E-state index contributed by atoms with van der Waals surface area (Å²) in [5, 5.41) is 12.5. The first-order valence-corrected chi connectivity index (χ1v) is 9.19. The number of anilines is 2. The van der Waals surface area contributed by atoms with Gasteiger partial charge in [-0.2, -0.15) is 0 Å². The molecule has 2 atom stereocenters. The molecular weight excluding hydrogens is 347 g/mol. The van der Waals surface area contributed by atoms with Crippen LogP contribution in [0.1, 0.15) is 25.8 Å². The number of amides is 1. The van der Waals surface area contributed by atoms with Crippen LogP contribution in [0, 0.1) is 5.82 Å². The van der Waals surface area contributed by atoms with Crippen LogP contribution in [-0.2, 0) is 16.0 Å². The molecule has 1 aliphatic heterocycles. The van der Waals surface area contributed by atoms with E-state index in [0.29, 0.717) is 36.4 Å². The SMILES string of the molecule is C[C@@H]1CN(c2ccc(NC(=O)CCc3ccccc3O)cc2F)C[C@H](C)O1. The Morgan fingerprint density at radius 2 is 1.93 bits per heavy atom. The number of rotatable bonds is 5. The zero-order valence-corrected chi connectivity index (χ0v) is 15.6. The number of aryl methyl sites for hydroxylation is 1. The highest BCUT2D eigenvalue weighted by Gasteiger charge is 2.24. The van der Waals surface area contributed by atoms with Gasteiger partial charge in [0.2, 0.25) is 5.91 Å². The van der Waals surface area contributed by atoms with Gasteiger partial charge in [0, 0.05) is 25.2 Å². The van der Waals surface area contributed by atoms with Crippen molar-refractivity contribution in [2.45, 2.75) is 38.9 Å². The number of morpholine rings is 1. The van der Waals surface area contributed by atoms with Gasteiger partial charge >= 0.3 is 0 Å². The number of nitrogens with one attached hydrogen (secondary N) is 1. The number of phenols is 1. The van der Waals surface area contributed by atoms with Crippen molar-refractivity contribution in [2.75, 3.05) is 23.3 Å². The number of carbonyl (C=O) groups is 1. The highest BCUT2D eigenvalue weighted by Crippen LogP contribution is 2.26. The molecule has 0 bridgehead atoms. The largest absolute Gasteiger partial charge is 0.508 e. The summed E-state index contributed by atoms with van der Waals surface area (Å²) in [4.78, 5) is 14.1. The summed E-state index contributed by atoms with van der Waals surface area (Å²) in [5.74, 6) is -0.413. The van der Waals surface area contributed by atoms with Crippen molar-refractivity contribution >= 4 is 17.3 Å². The second-order valence-electron chi connectivity index (χ2n) is 7.01. The van der Waals surface area contributed by atoms with E-state index in [-0.39, 0.29) is 36.1 Å². The first kappa shape index (κ1) is 19.2. The van der Waals surface area contributed by atoms with Crippen molar-refractivity contribution in [3.8, 4) is 5.75 Å². The van der Waals surface area contributed by atoms with Crippen LogP contribution in [0.15, 0.2) is 42.5 Å². The zero-order valence-electron chi connectivity index (χ0n) is 15.6. The minimum absolute atomic E-state index is 0.0435.